The smallest absolute Gasteiger partial charge is 0.225 e. The van der Waals surface area contributed by atoms with Crippen LogP contribution in [0, 0.1) is 0 Å². The predicted octanol–water partition coefficient (Wildman–Crippen LogP) is 4.12. The SMILES string of the molecule is COc1cc(OC)cc([C@@H](NC(=O)Cc2coc3cc4c(cc23)CCC4)c2nccn2C)c1. The van der Waals surface area contributed by atoms with Crippen molar-refractivity contribution in [3.05, 3.63) is 77.1 Å². The number of aromatic nitrogens is 2. The Labute approximate surface area is 192 Å². The molecule has 4 aromatic rings. The molecule has 1 atom stereocenters. The molecule has 0 aliphatic heterocycles. The van der Waals surface area contributed by atoms with Crippen molar-refractivity contribution in [3.63, 3.8) is 0 Å². The van der Waals surface area contributed by atoms with Crippen LogP contribution in [0.25, 0.3) is 11.0 Å². The lowest BCUT2D eigenvalue weighted by molar-refractivity contribution is -0.121. The van der Waals surface area contributed by atoms with E-state index in [0.717, 1.165) is 34.9 Å². The lowest BCUT2D eigenvalue weighted by Gasteiger charge is -2.20. The summed E-state index contributed by atoms with van der Waals surface area (Å²) in [4.78, 5) is 17.7. The van der Waals surface area contributed by atoms with Crippen molar-refractivity contribution < 1.29 is 18.7 Å². The number of methoxy groups -OCH3 is 2. The van der Waals surface area contributed by atoms with Gasteiger partial charge in [-0.25, -0.2) is 4.98 Å². The quantitative estimate of drug-likeness (QED) is 0.463. The van der Waals surface area contributed by atoms with Gasteiger partial charge in [-0.15, -0.1) is 0 Å². The largest absolute Gasteiger partial charge is 0.497 e. The molecule has 5 rings (SSSR count). The molecule has 33 heavy (non-hydrogen) atoms. The van der Waals surface area contributed by atoms with E-state index in [1.165, 1.54) is 17.5 Å². The molecule has 0 fully saturated rings. The fourth-order valence-electron chi connectivity index (χ4n) is 4.62. The Morgan fingerprint density at radius 2 is 1.85 bits per heavy atom. The van der Waals surface area contributed by atoms with Crippen LogP contribution >= 0.6 is 0 Å². The molecule has 0 unspecified atom stereocenters. The second kappa shape index (κ2) is 8.65. The van der Waals surface area contributed by atoms with Gasteiger partial charge >= 0.3 is 0 Å². The number of hydrogen-bond acceptors (Lipinski definition) is 5. The van der Waals surface area contributed by atoms with Crippen LogP contribution in [-0.4, -0.2) is 29.7 Å². The van der Waals surface area contributed by atoms with Gasteiger partial charge in [0.2, 0.25) is 5.91 Å². The number of furan rings is 1. The fraction of sp³-hybridized carbons (Fsp3) is 0.308. The van der Waals surface area contributed by atoms with Crippen LogP contribution in [0.15, 0.2) is 53.4 Å². The molecule has 1 amide bonds. The van der Waals surface area contributed by atoms with Gasteiger partial charge in [-0.1, -0.05) is 0 Å². The first kappa shape index (κ1) is 21.1. The van der Waals surface area contributed by atoms with Gasteiger partial charge in [0.1, 0.15) is 28.9 Å². The van der Waals surface area contributed by atoms with Crippen molar-refractivity contribution in [3.8, 4) is 11.5 Å². The van der Waals surface area contributed by atoms with Crippen molar-refractivity contribution >= 4 is 16.9 Å². The zero-order valence-electron chi connectivity index (χ0n) is 19.1. The third-order valence-corrected chi connectivity index (χ3v) is 6.35. The maximum Gasteiger partial charge on any atom is 0.225 e. The number of amides is 1. The summed E-state index contributed by atoms with van der Waals surface area (Å²) in [6.07, 6.45) is 8.84. The van der Waals surface area contributed by atoms with Gasteiger partial charge in [-0.3, -0.25) is 4.79 Å². The summed E-state index contributed by atoms with van der Waals surface area (Å²) in [6.45, 7) is 0. The molecule has 7 nitrogen and oxygen atoms in total. The normalized spacial score (nSPS) is 13.7. The standard InChI is InChI=1S/C26H27N3O4/c1-29-8-7-27-26(29)25(18-9-20(31-2)14-21(10-18)32-3)28-24(30)13-19-15-33-23-12-17-6-4-5-16(17)11-22(19)23/h7-12,14-15,25H,4-6,13H2,1-3H3,(H,28,30)/t25-/m1/s1. The van der Waals surface area contributed by atoms with Gasteiger partial charge in [0.15, 0.2) is 0 Å². The second-order valence-corrected chi connectivity index (χ2v) is 8.45. The summed E-state index contributed by atoms with van der Waals surface area (Å²) >= 11 is 0. The lowest BCUT2D eigenvalue weighted by Crippen LogP contribution is -2.32. The minimum atomic E-state index is -0.469. The highest BCUT2D eigenvalue weighted by Crippen LogP contribution is 2.32. The first-order chi connectivity index (χ1) is 16.1. The van der Waals surface area contributed by atoms with Gasteiger partial charge in [0, 0.05) is 36.5 Å². The summed E-state index contributed by atoms with van der Waals surface area (Å²) in [5.74, 6) is 1.89. The Balaban J connectivity index is 1.45. The second-order valence-electron chi connectivity index (χ2n) is 8.45. The molecule has 0 spiro atoms. The number of benzene rings is 2. The topological polar surface area (TPSA) is 78.5 Å². The van der Waals surface area contributed by atoms with Gasteiger partial charge < -0.3 is 23.8 Å². The number of carbonyl (C=O) groups excluding carboxylic acids is 1. The van der Waals surface area contributed by atoms with Crippen LogP contribution in [0.5, 0.6) is 11.5 Å². The molecule has 2 heterocycles. The highest BCUT2D eigenvalue weighted by Gasteiger charge is 2.24. The Morgan fingerprint density at radius 1 is 1.12 bits per heavy atom. The predicted molar refractivity (Wildman–Crippen MR) is 125 cm³/mol. The molecule has 0 saturated heterocycles. The van der Waals surface area contributed by atoms with E-state index in [-0.39, 0.29) is 12.3 Å². The van der Waals surface area contributed by atoms with E-state index < -0.39 is 6.04 Å². The minimum Gasteiger partial charge on any atom is -0.497 e. The number of imidazole rings is 1. The molecule has 2 aromatic heterocycles. The average Bonchev–Trinajstić information content (AvgIpc) is 3.56. The molecule has 1 aliphatic carbocycles. The maximum absolute atomic E-state index is 13.2. The van der Waals surface area contributed by atoms with Gasteiger partial charge in [0.25, 0.3) is 0 Å². The zero-order chi connectivity index (χ0) is 22.9. The average molecular weight is 446 g/mol. The third-order valence-electron chi connectivity index (χ3n) is 6.35. The van der Waals surface area contributed by atoms with E-state index in [0.29, 0.717) is 17.3 Å². The number of nitrogens with zero attached hydrogens (tertiary/aromatic N) is 2. The third kappa shape index (κ3) is 4.06. The van der Waals surface area contributed by atoms with Gasteiger partial charge in [0.05, 0.1) is 26.9 Å². The first-order valence-corrected chi connectivity index (χ1v) is 11.1. The number of carbonyl (C=O) groups is 1. The molecule has 7 heteroatoms. The summed E-state index contributed by atoms with van der Waals surface area (Å²) in [5.41, 5.74) is 5.27. The summed E-state index contributed by atoms with van der Waals surface area (Å²) < 4.78 is 18.6. The van der Waals surface area contributed by atoms with Crippen LogP contribution in [0.2, 0.25) is 0 Å². The Morgan fingerprint density at radius 3 is 2.52 bits per heavy atom. The van der Waals surface area contributed by atoms with Gasteiger partial charge in [-0.2, -0.15) is 0 Å². The van der Waals surface area contributed by atoms with Crippen LogP contribution < -0.4 is 14.8 Å². The molecule has 1 N–H and O–H groups in total. The molecular weight excluding hydrogens is 418 g/mol. The van der Waals surface area contributed by atoms with Crippen molar-refractivity contribution in [2.75, 3.05) is 14.2 Å². The van der Waals surface area contributed by atoms with E-state index in [1.807, 2.05) is 29.9 Å². The Bertz CT molecular complexity index is 1300. The van der Waals surface area contributed by atoms with E-state index in [4.69, 9.17) is 13.9 Å². The minimum absolute atomic E-state index is 0.118. The summed E-state index contributed by atoms with van der Waals surface area (Å²) in [6, 6.07) is 9.42. The fourth-order valence-corrected chi connectivity index (χ4v) is 4.62. The monoisotopic (exact) mass is 445 g/mol. The van der Waals surface area contributed by atoms with E-state index in [2.05, 4.69) is 22.4 Å². The molecule has 170 valence electrons. The Kier molecular flexibility index (Phi) is 5.54. The number of hydrogen-bond donors (Lipinski definition) is 1. The van der Waals surface area contributed by atoms with Crippen molar-refractivity contribution in [1.29, 1.82) is 0 Å². The maximum atomic E-state index is 13.2. The zero-order valence-corrected chi connectivity index (χ0v) is 19.1. The van der Waals surface area contributed by atoms with E-state index in [1.54, 1.807) is 32.7 Å². The summed E-state index contributed by atoms with van der Waals surface area (Å²) in [7, 11) is 5.12. The number of rotatable bonds is 7. The number of ether oxygens (including phenoxy) is 2. The van der Waals surface area contributed by atoms with Crippen molar-refractivity contribution in [2.45, 2.75) is 31.7 Å². The molecule has 2 aromatic carbocycles. The van der Waals surface area contributed by atoms with Gasteiger partial charge in [-0.05, 0) is 60.2 Å². The molecule has 1 aliphatic rings. The Hall–Kier alpha value is -3.74. The highest BCUT2D eigenvalue weighted by molar-refractivity contribution is 5.89. The summed E-state index contributed by atoms with van der Waals surface area (Å²) in [5, 5.41) is 4.18. The molecule has 0 saturated carbocycles. The van der Waals surface area contributed by atoms with Crippen molar-refractivity contribution in [2.24, 2.45) is 7.05 Å². The van der Waals surface area contributed by atoms with E-state index in [9.17, 15) is 4.79 Å². The van der Waals surface area contributed by atoms with Crippen LogP contribution in [-0.2, 0) is 31.1 Å². The molecule has 0 radical (unpaired) electrons. The number of nitrogens with one attached hydrogen (secondary N) is 1. The molecular formula is C26H27N3O4. The van der Waals surface area contributed by atoms with Crippen LogP contribution in [0.4, 0.5) is 0 Å². The first-order valence-electron chi connectivity index (χ1n) is 11.1. The van der Waals surface area contributed by atoms with Crippen molar-refractivity contribution in [1.82, 2.24) is 14.9 Å². The van der Waals surface area contributed by atoms with E-state index >= 15 is 0 Å². The highest BCUT2D eigenvalue weighted by atomic mass is 16.5. The number of aryl methyl sites for hydroxylation is 3. The lowest BCUT2D eigenvalue weighted by atomic mass is 10.0. The molecule has 0 bridgehead atoms. The van der Waals surface area contributed by atoms with Crippen LogP contribution in [0.3, 0.4) is 0 Å². The number of fused-ring (bicyclic) bond motifs is 2. The van der Waals surface area contributed by atoms with Crippen LogP contribution in [0.1, 0.15) is 40.5 Å².